The van der Waals surface area contributed by atoms with Gasteiger partial charge in [0.05, 0.1) is 0 Å². The van der Waals surface area contributed by atoms with E-state index in [2.05, 4.69) is 11.6 Å². The summed E-state index contributed by atoms with van der Waals surface area (Å²) >= 11 is 0. The number of rotatable bonds is 3. The van der Waals surface area contributed by atoms with E-state index in [4.69, 9.17) is 0 Å². The lowest BCUT2D eigenvalue weighted by atomic mass is 9.98. The lowest BCUT2D eigenvalue weighted by Gasteiger charge is -2.11. The fourth-order valence-corrected chi connectivity index (χ4v) is 1.43. The van der Waals surface area contributed by atoms with Gasteiger partial charge >= 0.3 is 0 Å². The Hall–Kier alpha value is -0.590. The van der Waals surface area contributed by atoms with Gasteiger partial charge in [0.1, 0.15) is 0 Å². The van der Waals surface area contributed by atoms with Crippen LogP contribution in [0.4, 0.5) is 0 Å². The van der Waals surface area contributed by atoms with E-state index in [1.54, 1.807) is 0 Å². The Kier molecular flexibility index (Phi) is 3.95. The molecule has 0 unspecified atom stereocenters. The minimum absolute atomic E-state index is 0.957. The van der Waals surface area contributed by atoms with E-state index >= 15 is 0 Å². The van der Waals surface area contributed by atoms with Crippen LogP contribution in [0.2, 0.25) is 0 Å². The average molecular weight is 151 g/mol. The predicted octanol–water partition coefficient (Wildman–Crippen LogP) is 2.97. The summed E-state index contributed by atoms with van der Waals surface area (Å²) in [4.78, 5) is 4.52. The molecule has 0 aliphatic heterocycles. The molecule has 0 saturated heterocycles. The third kappa shape index (κ3) is 3.35. The molecule has 0 aromatic rings. The summed E-state index contributed by atoms with van der Waals surface area (Å²) in [6.45, 7) is 4.63. The van der Waals surface area contributed by atoms with Crippen LogP contribution in [-0.4, -0.2) is 12.3 Å². The van der Waals surface area contributed by atoms with Crippen molar-refractivity contribution in [2.24, 2.45) is 4.99 Å². The average Bonchev–Trinajstić information content (AvgIpc) is 2.07. The zero-order valence-electron chi connectivity index (χ0n) is 7.18. The Labute approximate surface area is 69.2 Å². The second kappa shape index (κ2) is 5.11. The molecular weight excluding hydrogens is 134 g/mol. The molecule has 1 saturated carbocycles. The van der Waals surface area contributed by atoms with Crippen molar-refractivity contribution in [3.63, 3.8) is 0 Å². The molecule has 11 heavy (non-hydrogen) atoms. The van der Waals surface area contributed by atoms with Crippen LogP contribution in [0.5, 0.6) is 0 Å². The highest BCUT2D eigenvalue weighted by molar-refractivity contribution is 5.84. The van der Waals surface area contributed by atoms with Gasteiger partial charge in [0.15, 0.2) is 0 Å². The van der Waals surface area contributed by atoms with Crippen LogP contribution in [0.1, 0.15) is 38.5 Å². The van der Waals surface area contributed by atoms with E-state index in [9.17, 15) is 0 Å². The Balaban J connectivity index is 2.20. The van der Waals surface area contributed by atoms with E-state index < -0.39 is 0 Å². The Morgan fingerprint density at radius 3 is 2.64 bits per heavy atom. The van der Waals surface area contributed by atoms with Crippen molar-refractivity contribution in [1.82, 2.24) is 0 Å². The van der Waals surface area contributed by atoms with Crippen LogP contribution >= 0.6 is 0 Å². The highest BCUT2D eigenvalue weighted by Crippen LogP contribution is 2.14. The van der Waals surface area contributed by atoms with Crippen molar-refractivity contribution in [3.8, 4) is 0 Å². The van der Waals surface area contributed by atoms with Crippen molar-refractivity contribution in [3.05, 3.63) is 12.7 Å². The first kappa shape index (κ1) is 8.51. The first-order valence-electron chi connectivity index (χ1n) is 4.56. The van der Waals surface area contributed by atoms with Gasteiger partial charge in [0.2, 0.25) is 0 Å². The maximum absolute atomic E-state index is 4.52. The highest BCUT2D eigenvalue weighted by Gasteiger charge is 2.04. The summed E-state index contributed by atoms with van der Waals surface area (Å²) in [5.41, 5.74) is 1.44. The quantitative estimate of drug-likeness (QED) is 0.434. The van der Waals surface area contributed by atoms with Crippen molar-refractivity contribution in [1.29, 1.82) is 0 Å². The Morgan fingerprint density at radius 1 is 1.27 bits per heavy atom. The summed E-state index contributed by atoms with van der Waals surface area (Å²) in [6.07, 6.45) is 9.57. The van der Waals surface area contributed by atoms with Crippen molar-refractivity contribution < 1.29 is 0 Å². The van der Waals surface area contributed by atoms with Gasteiger partial charge in [-0.15, -0.1) is 6.58 Å². The summed E-state index contributed by atoms with van der Waals surface area (Å²) in [7, 11) is 0. The van der Waals surface area contributed by atoms with Gasteiger partial charge in [-0.2, -0.15) is 0 Å². The molecule has 1 heteroatoms. The molecule has 62 valence electrons. The van der Waals surface area contributed by atoms with E-state index in [1.807, 2.05) is 6.08 Å². The Morgan fingerprint density at radius 2 is 2.00 bits per heavy atom. The molecule has 0 N–H and O–H groups in total. The lowest BCUT2D eigenvalue weighted by molar-refractivity contribution is 0.663. The second-order valence-electron chi connectivity index (χ2n) is 3.09. The molecule has 1 nitrogen and oxygen atoms in total. The van der Waals surface area contributed by atoms with Gasteiger partial charge in [-0.1, -0.05) is 12.5 Å². The van der Waals surface area contributed by atoms with Gasteiger partial charge < -0.3 is 0 Å². The van der Waals surface area contributed by atoms with E-state index in [0.717, 1.165) is 13.0 Å². The molecule has 0 bridgehead atoms. The molecular formula is C10H17N. The monoisotopic (exact) mass is 151 g/mol. The molecule has 0 atom stereocenters. The van der Waals surface area contributed by atoms with Crippen molar-refractivity contribution in [2.75, 3.05) is 6.54 Å². The first-order chi connectivity index (χ1) is 5.43. The van der Waals surface area contributed by atoms with Crippen LogP contribution in [0.15, 0.2) is 17.6 Å². The molecule has 1 fully saturated rings. The maximum atomic E-state index is 4.52. The number of hydrogen-bond acceptors (Lipinski definition) is 1. The molecule has 1 aliphatic carbocycles. The van der Waals surface area contributed by atoms with Crippen molar-refractivity contribution >= 4 is 5.71 Å². The zero-order valence-corrected chi connectivity index (χ0v) is 7.18. The minimum atomic E-state index is 0.957. The minimum Gasteiger partial charge on any atom is -0.294 e. The maximum Gasteiger partial charge on any atom is 0.0423 e. The smallest absolute Gasteiger partial charge is 0.0423 e. The van der Waals surface area contributed by atoms with E-state index in [1.165, 1.54) is 37.8 Å². The van der Waals surface area contributed by atoms with E-state index in [-0.39, 0.29) is 0 Å². The Bertz CT molecular complexity index is 139. The normalized spacial score (nSPS) is 18.0. The number of hydrogen-bond donors (Lipinski definition) is 0. The molecule has 0 aromatic carbocycles. The van der Waals surface area contributed by atoms with Crippen LogP contribution in [0, 0.1) is 0 Å². The SMILES string of the molecule is C=CCCN=C1CCCCC1. The van der Waals surface area contributed by atoms with Crippen molar-refractivity contribution in [2.45, 2.75) is 38.5 Å². The molecule has 0 heterocycles. The van der Waals surface area contributed by atoms with Crippen LogP contribution in [-0.2, 0) is 0 Å². The molecule has 1 aliphatic rings. The zero-order chi connectivity index (χ0) is 7.94. The second-order valence-corrected chi connectivity index (χ2v) is 3.09. The highest BCUT2D eigenvalue weighted by atomic mass is 14.7. The summed E-state index contributed by atoms with van der Waals surface area (Å²) in [5.74, 6) is 0. The fourth-order valence-electron chi connectivity index (χ4n) is 1.43. The molecule has 1 rings (SSSR count). The third-order valence-electron chi connectivity index (χ3n) is 2.10. The summed E-state index contributed by atoms with van der Waals surface area (Å²) in [6, 6.07) is 0. The van der Waals surface area contributed by atoms with Crippen LogP contribution < -0.4 is 0 Å². The molecule has 0 spiro atoms. The molecule has 0 aromatic heterocycles. The van der Waals surface area contributed by atoms with E-state index in [0.29, 0.717) is 0 Å². The van der Waals surface area contributed by atoms with Crippen LogP contribution in [0.3, 0.4) is 0 Å². The number of aliphatic imine (C=N–C) groups is 1. The first-order valence-corrected chi connectivity index (χ1v) is 4.56. The summed E-state index contributed by atoms with van der Waals surface area (Å²) < 4.78 is 0. The lowest BCUT2D eigenvalue weighted by Crippen LogP contribution is -2.05. The predicted molar refractivity (Wildman–Crippen MR) is 50.2 cm³/mol. The van der Waals surface area contributed by atoms with Gasteiger partial charge in [-0.05, 0) is 32.1 Å². The van der Waals surface area contributed by atoms with Gasteiger partial charge in [0.25, 0.3) is 0 Å². The molecule has 0 amide bonds. The molecule has 0 radical (unpaired) electrons. The standard InChI is InChI=1S/C10H17N/c1-2-3-9-11-10-7-5-4-6-8-10/h2H,1,3-9H2. The van der Waals surface area contributed by atoms with Gasteiger partial charge in [0, 0.05) is 12.3 Å². The summed E-state index contributed by atoms with van der Waals surface area (Å²) in [5, 5.41) is 0. The van der Waals surface area contributed by atoms with Crippen LogP contribution in [0.25, 0.3) is 0 Å². The fraction of sp³-hybridized carbons (Fsp3) is 0.700. The van der Waals surface area contributed by atoms with Gasteiger partial charge in [-0.25, -0.2) is 0 Å². The third-order valence-corrected chi connectivity index (χ3v) is 2.10. The largest absolute Gasteiger partial charge is 0.294 e. The number of nitrogens with zero attached hydrogens (tertiary/aromatic N) is 1. The van der Waals surface area contributed by atoms with Gasteiger partial charge in [-0.3, -0.25) is 4.99 Å². The topological polar surface area (TPSA) is 12.4 Å².